The molecule has 0 aromatic rings. The van der Waals surface area contributed by atoms with Crippen molar-refractivity contribution in [3.63, 3.8) is 0 Å². The van der Waals surface area contributed by atoms with Crippen LogP contribution in [0.3, 0.4) is 0 Å². The Bertz CT molecular complexity index is 555. The second-order valence-electron chi connectivity index (χ2n) is 12.8. The minimum absolute atomic E-state index is 0.543. The van der Waals surface area contributed by atoms with Gasteiger partial charge in [-0.25, -0.2) is 0 Å². The molecule has 0 bridgehead atoms. The van der Waals surface area contributed by atoms with Crippen LogP contribution in [0.4, 0.5) is 0 Å². The van der Waals surface area contributed by atoms with Crippen LogP contribution in [0.5, 0.6) is 0 Å². The monoisotopic (exact) mass is 402 g/mol. The van der Waals surface area contributed by atoms with Gasteiger partial charge in [-0.05, 0) is 110 Å². The average molecular weight is 403 g/mol. The number of rotatable bonds is 6. The van der Waals surface area contributed by atoms with Crippen molar-refractivity contribution in [1.82, 2.24) is 0 Å². The second kappa shape index (κ2) is 8.48. The van der Waals surface area contributed by atoms with Crippen molar-refractivity contribution in [2.45, 2.75) is 118 Å². The van der Waals surface area contributed by atoms with Crippen LogP contribution in [0, 0.1) is 52.3 Å². The van der Waals surface area contributed by atoms with Crippen LogP contribution >= 0.6 is 0 Å². The van der Waals surface area contributed by atoms with Crippen molar-refractivity contribution in [3.05, 3.63) is 0 Å². The van der Waals surface area contributed by atoms with E-state index in [2.05, 4.69) is 34.6 Å². The zero-order valence-electron chi connectivity index (χ0n) is 20.5. The first-order valence-corrected chi connectivity index (χ1v) is 13.3. The summed E-state index contributed by atoms with van der Waals surface area (Å²) in [5.41, 5.74) is 1.26. The quantitative estimate of drug-likeness (QED) is 0.436. The highest BCUT2D eigenvalue weighted by atomic mass is 16.5. The van der Waals surface area contributed by atoms with E-state index in [1.807, 2.05) is 7.11 Å². The van der Waals surface area contributed by atoms with E-state index in [0.717, 1.165) is 41.4 Å². The van der Waals surface area contributed by atoms with Gasteiger partial charge >= 0.3 is 0 Å². The lowest BCUT2D eigenvalue weighted by molar-refractivity contribution is -0.133. The fourth-order valence-electron chi connectivity index (χ4n) is 9.46. The van der Waals surface area contributed by atoms with Crippen LogP contribution in [0.15, 0.2) is 0 Å². The molecule has 0 heterocycles. The maximum absolute atomic E-state index is 5.79. The largest absolute Gasteiger partial charge is 0.381 e. The van der Waals surface area contributed by atoms with E-state index in [1.165, 1.54) is 77.0 Å². The van der Waals surface area contributed by atoms with Gasteiger partial charge in [0.05, 0.1) is 6.10 Å². The van der Waals surface area contributed by atoms with Gasteiger partial charge in [-0.3, -0.25) is 0 Å². The molecule has 0 N–H and O–H groups in total. The lowest BCUT2D eigenvalue weighted by Crippen LogP contribution is -2.54. The maximum Gasteiger partial charge on any atom is 0.0574 e. The number of hydrogen-bond acceptors (Lipinski definition) is 1. The number of ether oxygens (including phenoxy) is 1. The van der Waals surface area contributed by atoms with E-state index < -0.39 is 0 Å². The summed E-state index contributed by atoms with van der Waals surface area (Å²) in [6.07, 6.45) is 18.1. The van der Waals surface area contributed by atoms with Gasteiger partial charge in [0, 0.05) is 7.11 Å². The van der Waals surface area contributed by atoms with Gasteiger partial charge in [0.15, 0.2) is 0 Å². The maximum atomic E-state index is 5.79. The molecule has 4 fully saturated rings. The Kier molecular flexibility index (Phi) is 6.48. The Morgan fingerprint density at radius 1 is 0.828 bits per heavy atom. The molecule has 9 atom stereocenters. The molecule has 168 valence electrons. The van der Waals surface area contributed by atoms with Crippen molar-refractivity contribution in [2.24, 2.45) is 52.3 Å². The van der Waals surface area contributed by atoms with Crippen molar-refractivity contribution in [1.29, 1.82) is 0 Å². The lowest BCUT2D eigenvalue weighted by Gasteiger charge is -2.61. The third-order valence-electron chi connectivity index (χ3n) is 11.2. The van der Waals surface area contributed by atoms with Crippen LogP contribution in [0.2, 0.25) is 0 Å². The molecule has 1 nitrogen and oxygen atoms in total. The third-order valence-corrected chi connectivity index (χ3v) is 11.2. The highest BCUT2D eigenvalue weighted by molar-refractivity contribution is 5.09. The molecule has 0 spiro atoms. The van der Waals surface area contributed by atoms with E-state index in [1.54, 1.807) is 0 Å². The lowest BCUT2D eigenvalue weighted by atomic mass is 9.44. The summed E-state index contributed by atoms with van der Waals surface area (Å²) in [5, 5.41) is 0. The molecule has 0 saturated heterocycles. The third kappa shape index (κ3) is 3.85. The van der Waals surface area contributed by atoms with Gasteiger partial charge in [0.2, 0.25) is 0 Å². The van der Waals surface area contributed by atoms with Crippen molar-refractivity contribution in [3.8, 4) is 0 Å². The van der Waals surface area contributed by atoms with Crippen LogP contribution in [-0.4, -0.2) is 13.2 Å². The van der Waals surface area contributed by atoms with E-state index >= 15 is 0 Å². The first-order chi connectivity index (χ1) is 13.8. The number of methoxy groups -OCH3 is 1. The fourth-order valence-corrected chi connectivity index (χ4v) is 9.46. The zero-order chi connectivity index (χ0) is 20.8. The molecule has 29 heavy (non-hydrogen) atoms. The molecule has 1 heteroatoms. The summed E-state index contributed by atoms with van der Waals surface area (Å²) >= 11 is 0. The molecule has 0 aromatic heterocycles. The summed E-state index contributed by atoms with van der Waals surface area (Å²) in [6.45, 7) is 12.8. The standard InChI is InChI=1S/C28H50O/c1-19(2)8-7-9-20(3)24-12-13-25-23-11-10-21-18-22(29-6)14-16-27(21,4)26(23)15-17-28(24,25)5/h19-26H,7-18H2,1-6H3/t20-,21?,22+,23+,24-,25+,26+,27+,28-/m1/s1. The summed E-state index contributed by atoms with van der Waals surface area (Å²) < 4.78 is 5.79. The molecule has 0 radical (unpaired) electrons. The van der Waals surface area contributed by atoms with Crippen molar-refractivity contribution < 1.29 is 4.74 Å². The van der Waals surface area contributed by atoms with Crippen LogP contribution in [0.1, 0.15) is 112 Å². The topological polar surface area (TPSA) is 9.23 Å². The molecule has 4 aliphatic carbocycles. The molecule has 0 amide bonds. The molecule has 0 aliphatic heterocycles. The number of fused-ring (bicyclic) bond motifs is 5. The van der Waals surface area contributed by atoms with Crippen LogP contribution < -0.4 is 0 Å². The molecule has 4 rings (SSSR count). The smallest absolute Gasteiger partial charge is 0.0574 e. The van der Waals surface area contributed by atoms with E-state index in [-0.39, 0.29) is 0 Å². The van der Waals surface area contributed by atoms with Crippen molar-refractivity contribution >= 4 is 0 Å². The number of hydrogen-bond donors (Lipinski definition) is 0. The zero-order valence-corrected chi connectivity index (χ0v) is 20.5. The Morgan fingerprint density at radius 3 is 2.28 bits per heavy atom. The predicted molar refractivity (Wildman–Crippen MR) is 124 cm³/mol. The fraction of sp³-hybridized carbons (Fsp3) is 1.00. The normalized spacial score (nSPS) is 48.1. The molecule has 0 aromatic carbocycles. The second-order valence-corrected chi connectivity index (χ2v) is 12.8. The Labute approximate surface area is 182 Å². The van der Waals surface area contributed by atoms with Crippen LogP contribution in [0.25, 0.3) is 0 Å². The SMILES string of the molecule is CO[C@H]1CC[C@@]2(C)C(CC[C@H]3[C@@H]4CC[C@H]([C@H](C)CCCC(C)C)[C@@]4(C)CC[C@@H]32)C1. The average Bonchev–Trinajstić information content (AvgIpc) is 3.04. The van der Waals surface area contributed by atoms with E-state index in [0.29, 0.717) is 16.9 Å². The molecule has 4 aliphatic rings. The van der Waals surface area contributed by atoms with Gasteiger partial charge in [-0.1, -0.05) is 53.9 Å². The minimum atomic E-state index is 0.543. The molecule has 4 saturated carbocycles. The summed E-state index contributed by atoms with van der Waals surface area (Å²) in [4.78, 5) is 0. The van der Waals surface area contributed by atoms with Gasteiger partial charge in [0.1, 0.15) is 0 Å². The van der Waals surface area contributed by atoms with Crippen LogP contribution in [-0.2, 0) is 4.74 Å². The van der Waals surface area contributed by atoms with Gasteiger partial charge < -0.3 is 4.74 Å². The summed E-state index contributed by atoms with van der Waals surface area (Å²) in [5.74, 6) is 6.79. The minimum Gasteiger partial charge on any atom is -0.381 e. The van der Waals surface area contributed by atoms with Crippen molar-refractivity contribution in [2.75, 3.05) is 7.11 Å². The highest BCUT2D eigenvalue weighted by Crippen LogP contribution is 2.68. The van der Waals surface area contributed by atoms with Gasteiger partial charge in [-0.15, -0.1) is 0 Å². The Morgan fingerprint density at radius 2 is 1.55 bits per heavy atom. The predicted octanol–water partition coefficient (Wildman–Crippen LogP) is 8.12. The highest BCUT2D eigenvalue weighted by Gasteiger charge is 2.60. The van der Waals surface area contributed by atoms with Gasteiger partial charge in [0.25, 0.3) is 0 Å². The Balaban J connectivity index is 1.45. The first-order valence-electron chi connectivity index (χ1n) is 13.3. The molecular weight excluding hydrogens is 352 g/mol. The van der Waals surface area contributed by atoms with Gasteiger partial charge in [-0.2, -0.15) is 0 Å². The van der Waals surface area contributed by atoms with E-state index in [9.17, 15) is 0 Å². The Hall–Kier alpha value is -0.0400. The summed E-state index contributed by atoms with van der Waals surface area (Å²) in [7, 11) is 1.94. The summed E-state index contributed by atoms with van der Waals surface area (Å²) in [6, 6.07) is 0. The first kappa shape index (κ1) is 22.2. The van der Waals surface area contributed by atoms with E-state index in [4.69, 9.17) is 4.74 Å². The molecular formula is C28H50O. The molecule has 1 unspecified atom stereocenters.